The first kappa shape index (κ1) is 13.4. The van der Waals surface area contributed by atoms with Gasteiger partial charge in [-0.05, 0) is 24.3 Å². The number of nitrogens with two attached hydrogens (primary N) is 1. The molecule has 1 amide bonds. The summed E-state index contributed by atoms with van der Waals surface area (Å²) in [6, 6.07) is 8.28. The molecule has 4 nitrogen and oxygen atoms in total. The van der Waals surface area contributed by atoms with Crippen LogP contribution >= 0.6 is 15.9 Å². The minimum Gasteiger partial charge on any atom is -0.368 e. The van der Waals surface area contributed by atoms with Gasteiger partial charge in [-0.15, -0.1) is 0 Å². The first-order valence-electron chi connectivity index (χ1n) is 6.19. The summed E-state index contributed by atoms with van der Waals surface area (Å²) in [7, 11) is 0. The minimum absolute atomic E-state index is 0.174. The van der Waals surface area contributed by atoms with Crippen molar-refractivity contribution in [3.05, 3.63) is 28.7 Å². The van der Waals surface area contributed by atoms with Crippen molar-refractivity contribution in [1.29, 1.82) is 0 Å². The molecule has 1 aromatic rings. The van der Waals surface area contributed by atoms with Gasteiger partial charge in [0.1, 0.15) is 0 Å². The number of hydrogen-bond acceptors (Lipinski definition) is 3. The van der Waals surface area contributed by atoms with Gasteiger partial charge in [-0.1, -0.05) is 15.9 Å². The molecule has 0 unspecified atom stereocenters. The molecule has 0 atom stereocenters. The van der Waals surface area contributed by atoms with Crippen molar-refractivity contribution in [3.63, 3.8) is 0 Å². The Bertz CT molecular complexity index is 399. The second kappa shape index (κ2) is 6.20. The Labute approximate surface area is 116 Å². The molecule has 0 spiro atoms. The Hall–Kier alpha value is -1.07. The lowest BCUT2D eigenvalue weighted by Gasteiger charge is -2.36. The Morgan fingerprint density at radius 3 is 2.33 bits per heavy atom. The molecule has 18 heavy (non-hydrogen) atoms. The van der Waals surface area contributed by atoms with Crippen LogP contribution in [0.2, 0.25) is 0 Å². The van der Waals surface area contributed by atoms with Gasteiger partial charge < -0.3 is 15.5 Å². The largest absolute Gasteiger partial charge is 0.368 e. The van der Waals surface area contributed by atoms with Gasteiger partial charge in [-0.25, -0.2) is 0 Å². The second-order valence-corrected chi connectivity index (χ2v) is 5.30. The number of halogens is 1. The number of piperazine rings is 1. The first-order valence-corrected chi connectivity index (χ1v) is 6.98. The van der Waals surface area contributed by atoms with Crippen LogP contribution in [0.4, 0.5) is 5.69 Å². The standard InChI is InChI=1S/C13H18BrN3O/c14-11-1-3-12(4-2-11)16-7-9-17(10-8-16)13(18)5-6-15/h1-4H,5-10,15H2. The zero-order valence-electron chi connectivity index (χ0n) is 10.3. The molecule has 2 rings (SSSR count). The number of carbonyl (C=O) groups excluding carboxylic acids is 1. The van der Waals surface area contributed by atoms with Crippen LogP contribution in [0.25, 0.3) is 0 Å². The van der Waals surface area contributed by atoms with E-state index in [1.54, 1.807) is 0 Å². The van der Waals surface area contributed by atoms with Gasteiger partial charge in [0.2, 0.25) is 5.91 Å². The number of anilines is 1. The number of benzene rings is 1. The van der Waals surface area contributed by atoms with Gasteiger partial charge in [0.15, 0.2) is 0 Å². The summed E-state index contributed by atoms with van der Waals surface area (Å²) in [6.07, 6.45) is 0.457. The van der Waals surface area contributed by atoms with Crippen molar-refractivity contribution >= 4 is 27.5 Å². The molecule has 0 aromatic heterocycles. The van der Waals surface area contributed by atoms with Gasteiger partial charge in [0.25, 0.3) is 0 Å². The smallest absolute Gasteiger partial charge is 0.223 e. The minimum atomic E-state index is 0.174. The Morgan fingerprint density at radius 1 is 1.17 bits per heavy atom. The van der Waals surface area contributed by atoms with Crippen molar-refractivity contribution in [2.45, 2.75) is 6.42 Å². The maximum Gasteiger partial charge on any atom is 0.223 e. The van der Waals surface area contributed by atoms with E-state index in [1.165, 1.54) is 5.69 Å². The molecular weight excluding hydrogens is 294 g/mol. The Morgan fingerprint density at radius 2 is 1.78 bits per heavy atom. The van der Waals surface area contributed by atoms with E-state index >= 15 is 0 Å². The lowest BCUT2D eigenvalue weighted by Crippen LogP contribution is -2.49. The summed E-state index contributed by atoms with van der Waals surface area (Å²) in [5.74, 6) is 0.174. The molecule has 0 radical (unpaired) electrons. The predicted molar refractivity (Wildman–Crippen MR) is 76.6 cm³/mol. The molecular formula is C13H18BrN3O. The highest BCUT2D eigenvalue weighted by atomic mass is 79.9. The van der Waals surface area contributed by atoms with Crippen LogP contribution in [0.15, 0.2) is 28.7 Å². The summed E-state index contributed by atoms with van der Waals surface area (Å²) in [4.78, 5) is 15.9. The summed E-state index contributed by atoms with van der Waals surface area (Å²) in [5.41, 5.74) is 6.62. The molecule has 1 saturated heterocycles. The maximum atomic E-state index is 11.7. The van der Waals surface area contributed by atoms with E-state index in [0.29, 0.717) is 13.0 Å². The van der Waals surface area contributed by atoms with Crippen LogP contribution in [-0.4, -0.2) is 43.5 Å². The number of rotatable bonds is 3. The van der Waals surface area contributed by atoms with E-state index in [2.05, 4.69) is 33.0 Å². The van der Waals surface area contributed by atoms with Crippen molar-refractivity contribution < 1.29 is 4.79 Å². The normalized spacial score (nSPS) is 15.9. The van der Waals surface area contributed by atoms with Crippen molar-refractivity contribution in [1.82, 2.24) is 4.90 Å². The molecule has 0 saturated carbocycles. The number of carbonyl (C=O) groups is 1. The molecule has 98 valence electrons. The summed E-state index contributed by atoms with van der Waals surface area (Å²) < 4.78 is 1.09. The lowest BCUT2D eigenvalue weighted by molar-refractivity contribution is -0.131. The Balaban J connectivity index is 1.90. The van der Waals surface area contributed by atoms with Crippen molar-refractivity contribution in [2.75, 3.05) is 37.6 Å². The monoisotopic (exact) mass is 311 g/mol. The van der Waals surface area contributed by atoms with Gasteiger partial charge in [-0.3, -0.25) is 4.79 Å². The fourth-order valence-electron chi connectivity index (χ4n) is 2.15. The molecule has 1 fully saturated rings. The fourth-order valence-corrected chi connectivity index (χ4v) is 2.41. The van der Waals surface area contributed by atoms with E-state index in [0.717, 1.165) is 30.7 Å². The number of hydrogen-bond donors (Lipinski definition) is 1. The van der Waals surface area contributed by atoms with Crippen molar-refractivity contribution in [2.24, 2.45) is 5.73 Å². The van der Waals surface area contributed by atoms with E-state index in [1.807, 2.05) is 17.0 Å². The van der Waals surface area contributed by atoms with Gasteiger partial charge >= 0.3 is 0 Å². The highest BCUT2D eigenvalue weighted by Crippen LogP contribution is 2.19. The molecule has 0 aliphatic carbocycles. The number of nitrogens with zero attached hydrogens (tertiary/aromatic N) is 2. The molecule has 1 heterocycles. The molecule has 5 heteroatoms. The summed E-state index contributed by atoms with van der Waals surface area (Å²) in [5, 5.41) is 0. The molecule has 1 aliphatic heterocycles. The predicted octanol–water partition coefficient (Wildman–Crippen LogP) is 1.45. The Kier molecular flexibility index (Phi) is 4.60. The number of amides is 1. The molecule has 1 aliphatic rings. The summed E-state index contributed by atoms with van der Waals surface area (Å²) >= 11 is 3.43. The highest BCUT2D eigenvalue weighted by Gasteiger charge is 2.20. The zero-order valence-corrected chi connectivity index (χ0v) is 11.9. The third-order valence-corrected chi connectivity index (χ3v) is 3.71. The average molecular weight is 312 g/mol. The fraction of sp³-hybridized carbons (Fsp3) is 0.462. The topological polar surface area (TPSA) is 49.6 Å². The van der Waals surface area contributed by atoms with Crippen LogP contribution in [0, 0.1) is 0 Å². The van der Waals surface area contributed by atoms with Crippen LogP contribution in [0.1, 0.15) is 6.42 Å². The van der Waals surface area contributed by atoms with Gasteiger partial charge in [0, 0.05) is 49.3 Å². The van der Waals surface area contributed by atoms with Crippen molar-refractivity contribution in [3.8, 4) is 0 Å². The summed E-state index contributed by atoms with van der Waals surface area (Å²) in [6.45, 7) is 3.78. The zero-order chi connectivity index (χ0) is 13.0. The van der Waals surface area contributed by atoms with E-state index in [4.69, 9.17) is 5.73 Å². The van der Waals surface area contributed by atoms with Crippen LogP contribution < -0.4 is 10.6 Å². The van der Waals surface area contributed by atoms with Crippen LogP contribution in [0.5, 0.6) is 0 Å². The van der Waals surface area contributed by atoms with E-state index < -0.39 is 0 Å². The SMILES string of the molecule is NCCC(=O)N1CCN(c2ccc(Br)cc2)CC1. The van der Waals surface area contributed by atoms with E-state index in [9.17, 15) is 4.79 Å². The highest BCUT2D eigenvalue weighted by molar-refractivity contribution is 9.10. The second-order valence-electron chi connectivity index (χ2n) is 4.38. The third kappa shape index (κ3) is 3.23. The lowest BCUT2D eigenvalue weighted by atomic mass is 10.2. The third-order valence-electron chi connectivity index (χ3n) is 3.18. The molecule has 0 bridgehead atoms. The van der Waals surface area contributed by atoms with Crippen LogP contribution in [-0.2, 0) is 4.79 Å². The molecule has 1 aromatic carbocycles. The van der Waals surface area contributed by atoms with Crippen LogP contribution in [0.3, 0.4) is 0 Å². The average Bonchev–Trinajstić information content (AvgIpc) is 2.40. The molecule has 2 N–H and O–H groups in total. The van der Waals surface area contributed by atoms with E-state index in [-0.39, 0.29) is 5.91 Å². The quantitative estimate of drug-likeness (QED) is 0.919. The van der Waals surface area contributed by atoms with Gasteiger partial charge in [-0.2, -0.15) is 0 Å². The first-order chi connectivity index (χ1) is 8.70. The van der Waals surface area contributed by atoms with Gasteiger partial charge in [0.05, 0.1) is 0 Å². The maximum absolute atomic E-state index is 11.7.